The normalized spacial score (nSPS) is 13.5. The maximum Gasteiger partial charge on any atom is 0.246 e. The fourth-order valence-electron chi connectivity index (χ4n) is 0.774. The molecular formula is C8H9F2N. The molecule has 0 saturated carbocycles. The van der Waals surface area contributed by atoms with E-state index in [0.717, 1.165) is 0 Å². The van der Waals surface area contributed by atoms with Gasteiger partial charge in [0.2, 0.25) is 6.43 Å². The van der Waals surface area contributed by atoms with Crippen LogP contribution in [0, 0.1) is 0 Å². The molecule has 11 heavy (non-hydrogen) atoms. The smallest absolute Gasteiger partial charge is 0.246 e. The van der Waals surface area contributed by atoms with Gasteiger partial charge in [-0.3, -0.25) is 4.98 Å². The molecule has 0 spiro atoms. The van der Waals surface area contributed by atoms with Gasteiger partial charge in [0.05, 0.1) is 5.92 Å². The summed E-state index contributed by atoms with van der Waals surface area (Å²) in [6.45, 7) is 1.47. The van der Waals surface area contributed by atoms with Crippen LogP contribution in [0.3, 0.4) is 0 Å². The topological polar surface area (TPSA) is 12.9 Å². The van der Waals surface area contributed by atoms with Gasteiger partial charge in [-0.05, 0) is 12.1 Å². The summed E-state index contributed by atoms with van der Waals surface area (Å²) < 4.78 is 24.1. The summed E-state index contributed by atoms with van der Waals surface area (Å²) in [5.41, 5.74) is 0.447. The minimum atomic E-state index is -2.33. The Labute approximate surface area is 64.1 Å². The van der Waals surface area contributed by atoms with Crippen LogP contribution in [0.2, 0.25) is 0 Å². The van der Waals surface area contributed by atoms with Crippen LogP contribution in [-0.2, 0) is 0 Å². The molecule has 1 unspecified atom stereocenters. The molecule has 0 N–H and O–H groups in total. The summed E-state index contributed by atoms with van der Waals surface area (Å²) in [5, 5.41) is 0. The van der Waals surface area contributed by atoms with Gasteiger partial charge in [-0.2, -0.15) is 0 Å². The Bertz CT molecular complexity index is 211. The van der Waals surface area contributed by atoms with E-state index in [0.29, 0.717) is 5.69 Å². The maximum absolute atomic E-state index is 12.1. The van der Waals surface area contributed by atoms with Crippen molar-refractivity contribution in [2.75, 3.05) is 0 Å². The number of halogens is 2. The van der Waals surface area contributed by atoms with Crippen molar-refractivity contribution in [3.63, 3.8) is 0 Å². The summed E-state index contributed by atoms with van der Waals surface area (Å²) in [5.74, 6) is -0.767. The lowest BCUT2D eigenvalue weighted by Crippen LogP contribution is -2.05. The van der Waals surface area contributed by atoms with Crippen molar-refractivity contribution in [2.24, 2.45) is 0 Å². The fraction of sp³-hybridized carbons (Fsp3) is 0.375. The quantitative estimate of drug-likeness (QED) is 0.642. The number of nitrogens with zero attached hydrogens (tertiary/aromatic N) is 1. The molecule has 0 amide bonds. The molecule has 0 fully saturated rings. The molecule has 1 aromatic rings. The molecule has 0 radical (unpaired) electrons. The van der Waals surface area contributed by atoms with Crippen molar-refractivity contribution in [2.45, 2.75) is 19.3 Å². The average Bonchev–Trinajstić information content (AvgIpc) is 2.05. The van der Waals surface area contributed by atoms with E-state index in [1.165, 1.54) is 13.1 Å². The minimum Gasteiger partial charge on any atom is -0.261 e. The summed E-state index contributed by atoms with van der Waals surface area (Å²) in [7, 11) is 0. The Morgan fingerprint density at radius 2 is 2.09 bits per heavy atom. The highest BCUT2D eigenvalue weighted by Gasteiger charge is 2.16. The molecule has 60 valence electrons. The van der Waals surface area contributed by atoms with Gasteiger partial charge in [0.1, 0.15) is 0 Å². The van der Waals surface area contributed by atoms with E-state index in [1.54, 1.807) is 18.2 Å². The van der Waals surface area contributed by atoms with Gasteiger partial charge in [-0.25, -0.2) is 8.78 Å². The van der Waals surface area contributed by atoms with Gasteiger partial charge in [0.25, 0.3) is 0 Å². The molecule has 1 atom stereocenters. The van der Waals surface area contributed by atoms with Crippen molar-refractivity contribution in [3.05, 3.63) is 30.1 Å². The van der Waals surface area contributed by atoms with Crippen LogP contribution in [0.4, 0.5) is 8.78 Å². The molecule has 0 aromatic carbocycles. The van der Waals surface area contributed by atoms with Crippen molar-refractivity contribution in [1.82, 2.24) is 4.98 Å². The number of aromatic nitrogens is 1. The van der Waals surface area contributed by atoms with E-state index >= 15 is 0 Å². The van der Waals surface area contributed by atoms with Crippen LogP contribution < -0.4 is 0 Å². The maximum atomic E-state index is 12.1. The standard InChI is InChI=1S/C8H9F2N/c1-6(8(9)10)7-4-2-3-5-11-7/h2-6,8H,1H3. The number of rotatable bonds is 2. The van der Waals surface area contributed by atoms with Crippen LogP contribution >= 0.6 is 0 Å². The Balaban J connectivity index is 2.77. The van der Waals surface area contributed by atoms with Crippen LogP contribution in [0.25, 0.3) is 0 Å². The van der Waals surface area contributed by atoms with Crippen LogP contribution in [-0.4, -0.2) is 11.4 Å². The molecule has 0 aliphatic carbocycles. The van der Waals surface area contributed by atoms with Crippen molar-refractivity contribution < 1.29 is 8.78 Å². The predicted molar refractivity (Wildman–Crippen MR) is 38.7 cm³/mol. The van der Waals surface area contributed by atoms with E-state index in [4.69, 9.17) is 0 Å². The highest BCUT2D eigenvalue weighted by Crippen LogP contribution is 2.19. The molecule has 0 saturated heterocycles. The highest BCUT2D eigenvalue weighted by molar-refractivity contribution is 5.08. The van der Waals surface area contributed by atoms with Gasteiger partial charge in [-0.15, -0.1) is 0 Å². The number of pyridine rings is 1. The minimum absolute atomic E-state index is 0.447. The Morgan fingerprint density at radius 3 is 2.55 bits per heavy atom. The highest BCUT2D eigenvalue weighted by atomic mass is 19.3. The third-order valence-electron chi connectivity index (χ3n) is 1.53. The molecule has 1 nitrogen and oxygen atoms in total. The van der Waals surface area contributed by atoms with E-state index in [9.17, 15) is 8.78 Å². The zero-order valence-corrected chi connectivity index (χ0v) is 6.17. The first-order valence-corrected chi connectivity index (χ1v) is 3.41. The zero-order valence-electron chi connectivity index (χ0n) is 6.17. The third-order valence-corrected chi connectivity index (χ3v) is 1.53. The first-order chi connectivity index (χ1) is 5.22. The predicted octanol–water partition coefficient (Wildman–Crippen LogP) is 2.45. The summed E-state index contributed by atoms with van der Waals surface area (Å²) >= 11 is 0. The summed E-state index contributed by atoms with van der Waals surface area (Å²) in [4.78, 5) is 3.82. The monoisotopic (exact) mass is 157 g/mol. The van der Waals surface area contributed by atoms with Crippen molar-refractivity contribution in [1.29, 1.82) is 0 Å². The largest absolute Gasteiger partial charge is 0.261 e. The molecule has 0 aliphatic rings. The second kappa shape index (κ2) is 3.42. The summed E-state index contributed by atoms with van der Waals surface area (Å²) in [6.07, 6.45) is -0.807. The fourth-order valence-corrected chi connectivity index (χ4v) is 0.774. The lowest BCUT2D eigenvalue weighted by Gasteiger charge is -2.07. The van der Waals surface area contributed by atoms with Gasteiger partial charge < -0.3 is 0 Å². The van der Waals surface area contributed by atoms with Crippen LogP contribution in [0.5, 0.6) is 0 Å². The molecule has 3 heteroatoms. The van der Waals surface area contributed by atoms with E-state index in [2.05, 4.69) is 4.98 Å². The first kappa shape index (κ1) is 8.11. The third kappa shape index (κ3) is 1.97. The van der Waals surface area contributed by atoms with E-state index in [1.807, 2.05) is 0 Å². The lowest BCUT2D eigenvalue weighted by atomic mass is 10.1. The van der Waals surface area contributed by atoms with Crippen LogP contribution in [0.1, 0.15) is 18.5 Å². The molecule has 0 aliphatic heterocycles. The average molecular weight is 157 g/mol. The SMILES string of the molecule is CC(c1ccccn1)C(F)F. The molecule has 0 bridgehead atoms. The second-order valence-electron chi connectivity index (χ2n) is 2.38. The van der Waals surface area contributed by atoms with Gasteiger partial charge in [-0.1, -0.05) is 13.0 Å². The van der Waals surface area contributed by atoms with E-state index in [-0.39, 0.29) is 0 Å². The Morgan fingerprint density at radius 1 is 1.36 bits per heavy atom. The Kier molecular flexibility index (Phi) is 2.52. The zero-order chi connectivity index (χ0) is 8.27. The van der Waals surface area contributed by atoms with Gasteiger partial charge in [0, 0.05) is 11.9 Å². The Hall–Kier alpha value is -0.990. The second-order valence-corrected chi connectivity index (χ2v) is 2.38. The number of hydrogen-bond donors (Lipinski definition) is 0. The van der Waals surface area contributed by atoms with Gasteiger partial charge >= 0.3 is 0 Å². The summed E-state index contributed by atoms with van der Waals surface area (Å²) in [6, 6.07) is 5.03. The number of hydrogen-bond acceptors (Lipinski definition) is 1. The molecule has 1 heterocycles. The first-order valence-electron chi connectivity index (χ1n) is 3.41. The number of alkyl halides is 2. The van der Waals surface area contributed by atoms with Crippen LogP contribution in [0.15, 0.2) is 24.4 Å². The van der Waals surface area contributed by atoms with Gasteiger partial charge in [0.15, 0.2) is 0 Å². The van der Waals surface area contributed by atoms with Crippen molar-refractivity contribution >= 4 is 0 Å². The molecule has 1 rings (SSSR count). The lowest BCUT2D eigenvalue weighted by molar-refractivity contribution is 0.119. The molecular weight excluding hydrogens is 148 g/mol. The van der Waals surface area contributed by atoms with Crippen molar-refractivity contribution in [3.8, 4) is 0 Å². The van der Waals surface area contributed by atoms with E-state index < -0.39 is 12.3 Å². The molecule has 1 aromatic heterocycles.